The molecule has 0 radical (unpaired) electrons. The van der Waals surface area contributed by atoms with Crippen LogP contribution in [0.3, 0.4) is 0 Å². The summed E-state index contributed by atoms with van der Waals surface area (Å²) >= 11 is 0. The van der Waals surface area contributed by atoms with Crippen LogP contribution in [0, 0.1) is 0 Å². The minimum atomic E-state index is -0.396. The Hall–Kier alpha value is -3.15. The maximum Gasteiger partial charge on any atom is 0.338 e. The lowest BCUT2D eigenvalue weighted by atomic mass is 10.1. The molecule has 1 aromatic carbocycles. The molecule has 0 aliphatic rings. The van der Waals surface area contributed by atoms with Crippen molar-refractivity contribution in [2.24, 2.45) is 0 Å². The molecule has 0 saturated heterocycles. The topological polar surface area (TPSA) is 70.4 Å². The minimum Gasteiger partial charge on any atom is -0.496 e. The van der Waals surface area contributed by atoms with Crippen molar-refractivity contribution in [3.05, 3.63) is 59.4 Å². The van der Waals surface area contributed by atoms with Crippen LogP contribution in [0.5, 0.6) is 5.75 Å². The molecule has 0 saturated carbocycles. The number of ether oxygens (including phenoxy) is 2. The SMILES string of the molecule is COC(=O)c1ccnc2c1ccn2Cc1ccc(OC)c(C=O)c1. The Morgan fingerprint density at radius 3 is 2.79 bits per heavy atom. The minimum absolute atomic E-state index is 0.396. The predicted octanol–water partition coefficient (Wildman–Crippen LogP) is 2.69. The van der Waals surface area contributed by atoms with Gasteiger partial charge in [-0.25, -0.2) is 9.78 Å². The van der Waals surface area contributed by atoms with Gasteiger partial charge in [0.15, 0.2) is 6.29 Å². The molecule has 3 aromatic rings. The van der Waals surface area contributed by atoms with E-state index in [1.54, 1.807) is 24.4 Å². The Morgan fingerprint density at radius 2 is 2.08 bits per heavy atom. The van der Waals surface area contributed by atoms with E-state index in [-0.39, 0.29) is 0 Å². The Balaban J connectivity index is 1.99. The van der Waals surface area contributed by atoms with Crippen LogP contribution < -0.4 is 4.74 Å². The number of pyridine rings is 1. The molecule has 0 amide bonds. The largest absolute Gasteiger partial charge is 0.496 e. The second kappa shape index (κ2) is 6.54. The van der Waals surface area contributed by atoms with Gasteiger partial charge in [0.25, 0.3) is 0 Å². The molecule has 0 atom stereocenters. The van der Waals surface area contributed by atoms with Crippen molar-refractivity contribution < 1.29 is 19.1 Å². The van der Waals surface area contributed by atoms with Gasteiger partial charge in [-0.05, 0) is 29.8 Å². The van der Waals surface area contributed by atoms with Crippen LogP contribution in [0.25, 0.3) is 11.0 Å². The highest BCUT2D eigenvalue weighted by atomic mass is 16.5. The molecule has 6 nitrogen and oxygen atoms in total. The number of aldehydes is 1. The van der Waals surface area contributed by atoms with E-state index in [0.717, 1.165) is 17.2 Å². The van der Waals surface area contributed by atoms with Gasteiger partial charge in [-0.1, -0.05) is 6.07 Å². The van der Waals surface area contributed by atoms with Gasteiger partial charge in [-0.3, -0.25) is 4.79 Å². The maximum absolute atomic E-state index is 11.8. The van der Waals surface area contributed by atoms with Crippen LogP contribution in [0.1, 0.15) is 26.3 Å². The van der Waals surface area contributed by atoms with E-state index < -0.39 is 5.97 Å². The quantitative estimate of drug-likeness (QED) is 0.533. The monoisotopic (exact) mass is 324 g/mol. The summed E-state index contributed by atoms with van der Waals surface area (Å²) < 4.78 is 11.9. The van der Waals surface area contributed by atoms with E-state index in [2.05, 4.69) is 4.98 Å². The number of methoxy groups -OCH3 is 2. The second-order valence-electron chi connectivity index (χ2n) is 5.23. The molecule has 24 heavy (non-hydrogen) atoms. The lowest BCUT2D eigenvalue weighted by Crippen LogP contribution is -2.04. The summed E-state index contributed by atoms with van der Waals surface area (Å²) in [6.45, 7) is 0.520. The molecule has 122 valence electrons. The summed E-state index contributed by atoms with van der Waals surface area (Å²) in [6, 6.07) is 8.90. The summed E-state index contributed by atoms with van der Waals surface area (Å²) in [5, 5.41) is 0.730. The van der Waals surface area contributed by atoms with Gasteiger partial charge in [0.05, 0.1) is 25.3 Å². The van der Waals surface area contributed by atoms with Crippen molar-refractivity contribution in [2.75, 3.05) is 14.2 Å². The third-order valence-electron chi connectivity index (χ3n) is 3.84. The fraction of sp³-hybridized carbons (Fsp3) is 0.167. The van der Waals surface area contributed by atoms with Crippen LogP contribution in [0.4, 0.5) is 0 Å². The summed E-state index contributed by atoms with van der Waals surface area (Å²) in [4.78, 5) is 27.3. The van der Waals surface area contributed by atoms with Gasteiger partial charge in [-0.2, -0.15) is 0 Å². The number of fused-ring (bicyclic) bond motifs is 1. The average Bonchev–Trinajstić information content (AvgIpc) is 3.03. The zero-order valence-electron chi connectivity index (χ0n) is 13.4. The fourth-order valence-corrected chi connectivity index (χ4v) is 2.68. The molecule has 0 N–H and O–H groups in total. The smallest absolute Gasteiger partial charge is 0.338 e. The summed E-state index contributed by atoms with van der Waals surface area (Å²) in [5.74, 6) is 0.144. The van der Waals surface area contributed by atoms with Crippen molar-refractivity contribution in [2.45, 2.75) is 6.54 Å². The summed E-state index contributed by atoms with van der Waals surface area (Å²) in [5.41, 5.74) is 2.58. The van der Waals surface area contributed by atoms with Crippen molar-refractivity contribution in [3.63, 3.8) is 0 Å². The zero-order valence-corrected chi connectivity index (χ0v) is 13.4. The van der Waals surface area contributed by atoms with Crippen LogP contribution in [0.2, 0.25) is 0 Å². The number of aromatic nitrogens is 2. The fourth-order valence-electron chi connectivity index (χ4n) is 2.68. The standard InChI is InChI=1S/C18H16N2O4/c1-23-16-4-3-12(9-13(16)11-21)10-20-8-6-14-15(18(22)24-2)5-7-19-17(14)20/h3-9,11H,10H2,1-2H3. The third kappa shape index (κ3) is 2.74. The highest BCUT2D eigenvalue weighted by Gasteiger charge is 2.14. The van der Waals surface area contributed by atoms with Crippen LogP contribution >= 0.6 is 0 Å². The molecule has 0 aliphatic carbocycles. The van der Waals surface area contributed by atoms with Gasteiger partial charge < -0.3 is 14.0 Å². The Labute approximate surface area is 138 Å². The highest BCUT2D eigenvalue weighted by Crippen LogP contribution is 2.22. The number of carbonyl (C=O) groups excluding carboxylic acids is 2. The highest BCUT2D eigenvalue weighted by molar-refractivity contribution is 6.02. The molecule has 0 spiro atoms. The predicted molar refractivity (Wildman–Crippen MR) is 88.6 cm³/mol. The molecule has 2 heterocycles. The van der Waals surface area contributed by atoms with E-state index >= 15 is 0 Å². The summed E-state index contributed by atoms with van der Waals surface area (Å²) in [7, 11) is 2.88. The van der Waals surface area contributed by atoms with Crippen molar-refractivity contribution >= 4 is 23.3 Å². The van der Waals surface area contributed by atoms with Gasteiger partial charge in [-0.15, -0.1) is 0 Å². The second-order valence-corrected chi connectivity index (χ2v) is 5.23. The molecule has 0 fully saturated rings. The third-order valence-corrected chi connectivity index (χ3v) is 3.84. The Bertz CT molecular complexity index is 915. The number of nitrogens with zero attached hydrogens (tertiary/aromatic N) is 2. The molecule has 0 bridgehead atoms. The van der Waals surface area contributed by atoms with Gasteiger partial charge in [0.2, 0.25) is 0 Å². The Morgan fingerprint density at radius 1 is 1.25 bits per heavy atom. The first-order valence-corrected chi connectivity index (χ1v) is 7.32. The average molecular weight is 324 g/mol. The van der Waals surface area contributed by atoms with Gasteiger partial charge >= 0.3 is 5.97 Å². The lowest BCUT2D eigenvalue weighted by molar-refractivity contribution is 0.0603. The lowest BCUT2D eigenvalue weighted by Gasteiger charge is -2.09. The molecular weight excluding hydrogens is 308 g/mol. The van der Waals surface area contributed by atoms with Crippen molar-refractivity contribution in [1.29, 1.82) is 0 Å². The molecule has 3 rings (SSSR count). The number of hydrogen-bond acceptors (Lipinski definition) is 5. The molecule has 2 aromatic heterocycles. The van der Waals surface area contributed by atoms with Crippen molar-refractivity contribution in [3.8, 4) is 5.75 Å². The first-order valence-electron chi connectivity index (χ1n) is 7.32. The molecular formula is C18H16N2O4. The normalized spacial score (nSPS) is 10.6. The number of benzene rings is 1. The van der Waals surface area contributed by atoms with E-state index in [1.807, 2.05) is 22.9 Å². The van der Waals surface area contributed by atoms with Crippen LogP contribution in [-0.2, 0) is 11.3 Å². The van der Waals surface area contributed by atoms with E-state index in [9.17, 15) is 9.59 Å². The van der Waals surface area contributed by atoms with Gasteiger partial charge in [0.1, 0.15) is 11.4 Å². The van der Waals surface area contributed by atoms with E-state index in [0.29, 0.717) is 29.1 Å². The van der Waals surface area contributed by atoms with Crippen molar-refractivity contribution in [1.82, 2.24) is 9.55 Å². The maximum atomic E-state index is 11.8. The molecule has 0 aliphatic heterocycles. The first-order chi connectivity index (χ1) is 11.7. The van der Waals surface area contributed by atoms with Crippen LogP contribution in [0.15, 0.2) is 42.7 Å². The van der Waals surface area contributed by atoms with E-state index in [1.165, 1.54) is 14.2 Å². The first kappa shape index (κ1) is 15.7. The number of carbonyl (C=O) groups is 2. The van der Waals surface area contributed by atoms with Crippen LogP contribution in [-0.4, -0.2) is 36.0 Å². The zero-order chi connectivity index (χ0) is 17.1. The molecule has 6 heteroatoms. The number of hydrogen-bond donors (Lipinski definition) is 0. The Kier molecular flexibility index (Phi) is 4.29. The summed E-state index contributed by atoms with van der Waals surface area (Å²) in [6.07, 6.45) is 4.20. The van der Waals surface area contributed by atoms with Gasteiger partial charge in [0, 0.05) is 24.3 Å². The van der Waals surface area contributed by atoms with E-state index in [4.69, 9.17) is 9.47 Å². The molecule has 0 unspecified atom stereocenters. The number of rotatable bonds is 5. The number of esters is 1.